The van der Waals surface area contributed by atoms with Crippen molar-refractivity contribution < 1.29 is 4.79 Å². The number of anilines is 1. The average molecular weight is 324 g/mol. The molecule has 0 bridgehead atoms. The van der Waals surface area contributed by atoms with Gasteiger partial charge in [-0.2, -0.15) is 0 Å². The van der Waals surface area contributed by atoms with Gasteiger partial charge in [-0.15, -0.1) is 5.10 Å². The lowest BCUT2D eigenvalue weighted by atomic mass is 10.2. The number of aromatic nitrogens is 3. The first-order chi connectivity index (χ1) is 9.08. The van der Waals surface area contributed by atoms with Crippen LogP contribution in [0.2, 0.25) is 0 Å². The second kappa shape index (κ2) is 5.94. The van der Waals surface area contributed by atoms with Gasteiger partial charge in [-0.05, 0) is 30.7 Å². The molecule has 1 aromatic heterocycles. The van der Waals surface area contributed by atoms with Crippen molar-refractivity contribution in [1.29, 1.82) is 0 Å². The summed E-state index contributed by atoms with van der Waals surface area (Å²) in [6.45, 7) is 2.39. The van der Waals surface area contributed by atoms with Gasteiger partial charge in [0.15, 0.2) is 0 Å². The molecular formula is C12H14BrN5O. The molecule has 0 fully saturated rings. The van der Waals surface area contributed by atoms with Gasteiger partial charge in [-0.1, -0.05) is 21.1 Å². The Hall–Kier alpha value is -1.73. The van der Waals surface area contributed by atoms with Gasteiger partial charge < -0.3 is 11.1 Å². The first-order valence-electron chi connectivity index (χ1n) is 5.73. The lowest BCUT2D eigenvalue weighted by Crippen LogP contribution is -2.19. The Morgan fingerprint density at radius 1 is 1.53 bits per heavy atom. The van der Waals surface area contributed by atoms with Crippen LogP contribution in [-0.4, -0.2) is 20.9 Å². The number of nitrogens with two attached hydrogens (primary N) is 1. The van der Waals surface area contributed by atoms with Gasteiger partial charge >= 0.3 is 0 Å². The van der Waals surface area contributed by atoms with E-state index in [1.54, 1.807) is 6.20 Å². The number of halogens is 1. The number of carbonyl (C=O) groups is 1. The first-order valence-corrected chi connectivity index (χ1v) is 6.53. The predicted molar refractivity (Wildman–Crippen MR) is 75.4 cm³/mol. The largest absolute Gasteiger partial charge is 0.325 e. The molecular weight excluding hydrogens is 310 g/mol. The third-order valence-corrected chi connectivity index (χ3v) is 3.43. The fourth-order valence-corrected chi connectivity index (χ4v) is 1.83. The molecule has 2 aromatic rings. The van der Waals surface area contributed by atoms with Gasteiger partial charge in [0.1, 0.15) is 6.54 Å². The summed E-state index contributed by atoms with van der Waals surface area (Å²) in [7, 11) is 0. The normalized spacial score (nSPS) is 10.5. The van der Waals surface area contributed by atoms with Crippen molar-refractivity contribution in [3.63, 3.8) is 0 Å². The number of rotatable bonds is 4. The van der Waals surface area contributed by atoms with Gasteiger partial charge in [-0.3, -0.25) is 4.79 Å². The number of benzene rings is 1. The van der Waals surface area contributed by atoms with Crippen molar-refractivity contribution in [2.45, 2.75) is 20.0 Å². The SMILES string of the molecule is Cc1cc(NC(=O)Cn2cc(CN)nn2)ccc1Br. The number of aryl methyl sites for hydroxylation is 1. The quantitative estimate of drug-likeness (QED) is 0.891. The maximum Gasteiger partial charge on any atom is 0.246 e. The molecule has 0 atom stereocenters. The summed E-state index contributed by atoms with van der Waals surface area (Å²) in [5.41, 5.74) is 7.90. The Balaban J connectivity index is 1.98. The van der Waals surface area contributed by atoms with E-state index >= 15 is 0 Å². The standard InChI is InChI=1S/C12H14BrN5O/c1-8-4-9(2-3-11(8)13)15-12(19)7-18-6-10(5-14)16-17-18/h2-4,6H,5,7,14H2,1H3,(H,15,19). The Kier molecular flexibility index (Phi) is 4.28. The highest BCUT2D eigenvalue weighted by Gasteiger charge is 2.06. The molecule has 0 aliphatic carbocycles. The molecule has 1 aromatic carbocycles. The van der Waals surface area contributed by atoms with E-state index in [1.165, 1.54) is 4.68 Å². The molecule has 7 heteroatoms. The minimum Gasteiger partial charge on any atom is -0.325 e. The third-order valence-electron chi connectivity index (χ3n) is 2.54. The minimum absolute atomic E-state index is 0.113. The van der Waals surface area contributed by atoms with Gasteiger partial charge in [0.05, 0.1) is 11.9 Å². The van der Waals surface area contributed by atoms with E-state index in [1.807, 2.05) is 25.1 Å². The van der Waals surface area contributed by atoms with Gasteiger partial charge in [0.25, 0.3) is 0 Å². The van der Waals surface area contributed by atoms with E-state index in [2.05, 4.69) is 31.6 Å². The molecule has 0 radical (unpaired) electrons. The maximum atomic E-state index is 11.8. The molecule has 0 saturated carbocycles. The predicted octanol–water partition coefficient (Wildman–Crippen LogP) is 1.45. The summed E-state index contributed by atoms with van der Waals surface area (Å²) >= 11 is 3.41. The van der Waals surface area contributed by atoms with E-state index < -0.39 is 0 Å². The number of hydrogen-bond acceptors (Lipinski definition) is 4. The Morgan fingerprint density at radius 2 is 2.32 bits per heavy atom. The highest BCUT2D eigenvalue weighted by molar-refractivity contribution is 9.10. The van der Waals surface area contributed by atoms with E-state index in [9.17, 15) is 4.79 Å². The molecule has 1 amide bonds. The maximum absolute atomic E-state index is 11.8. The number of nitrogens with zero attached hydrogens (tertiary/aromatic N) is 3. The fourth-order valence-electron chi connectivity index (χ4n) is 1.58. The summed E-state index contributed by atoms with van der Waals surface area (Å²) in [5, 5.41) is 10.4. The minimum atomic E-state index is -0.157. The number of amides is 1. The molecule has 0 aliphatic heterocycles. The molecule has 3 N–H and O–H groups in total. The molecule has 0 unspecified atom stereocenters. The first kappa shape index (κ1) is 13.7. The second-order valence-corrected chi connectivity index (χ2v) is 4.98. The van der Waals surface area contributed by atoms with Crippen LogP contribution in [0.4, 0.5) is 5.69 Å². The van der Waals surface area contributed by atoms with E-state index in [0.717, 1.165) is 15.7 Å². The van der Waals surface area contributed by atoms with Crippen molar-refractivity contribution in [3.8, 4) is 0 Å². The molecule has 1 heterocycles. The molecule has 0 aliphatic rings. The Bertz CT molecular complexity index is 596. The third kappa shape index (κ3) is 3.62. The molecule has 2 rings (SSSR count). The topological polar surface area (TPSA) is 85.8 Å². The number of nitrogens with one attached hydrogen (secondary N) is 1. The van der Waals surface area contributed by atoms with Gasteiger partial charge in [0, 0.05) is 16.7 Å². The summed E-state index contributed by atoms with van der Waals surface area (Å²) in [5.74, 6) is -0.157. The molecule has 100 valence electrons. The smallest absolute Gasteiger partial charge is 0.246 e. The lowest BCUT2D eigenvalue weighted by Gasteiger charge is -2.06. The van der Waals surface area contributed by atoms with Crippen LogP contribution in [0.1, 0.15) is 11.3 Å². The Labute approximate surface area is 119 Å². The van der Waals surface area contributed by atoms with Crippen molar-refractivity contribution >= 4 is 27.5 Å². The van der Waals surface area contributed by atoms with Gasteiger partial charge in [-0.25, -0.2) is 4.68 Å². The van der Waals surface area contributed by atoms with Crippen molar-refractivity contribution in [2.24, 2.45) is 5.73 Å². The zero-order valence-electron chi connectivity index (χ0n) is 10.4. The molecule has 0 spiro atoms. The molecule has 0 saturated heterocycles. The van der Waals surface area contributed by atoms with Gasteiger partial charge in [0.2, 0.25) is 5.91 Å². The highest BCUT2D eigenvalue weighted by atomic mass is 79.9. The van der Waals surface area contributed by atoms with Crippen LogP contribution in [-0.2, 0) is 17.9 Å². The van der Waals surface area contributed by atoms with Crippen LogP contribution in [0, 0.1) is 6.92 Å². The average Bonchev–Trinajstić information content (AvgIpc) is 2.81. The van der Waals surface area contributed by atoms with Crippen LogP contribution in [0.3, 0.4) is 0 Å². The van der Waals surface area contributed by atoms with Crippen molar-refractivity contribution in [2.75, 3.05) is 5.32 Å². The summed E-state index contributed by atoms with van der Waals surface area (Å²) in [6, 6.07) is 5.63. The van der Waals surface area contributed by atoms with Crippen LogP contribution < -0.4 is 11.1 Å². The van der Waals surface area contributed by atoms with Crippen LogP contribution >= 0.6 is 15.9 Å². The molecule has 6 nitrogen and oxygen atoms in total. The highest BCUT2D eigenvalue weighted by Crippen LogP contribution is 2.19. The van der Waals surface area contributed by atoms with Crippen LogP contribution in [0.15, 0.2) is 28.9 Å². The second-order valence-electron chi connectivity index (χ2n) is 4.12. The van der Waals surface area contributed by atoms with Crippen molar-refractivity contribution in [3.05, 3.63) is 40.1 Å². The van der Waals surface area contributed by atoms with E-state index in [4.69, 9.17) is 5.73 Å². The fraction of sp³-hybridized carbons (Fsp3) is 0.250. The summed E-state index contributed by atoms with van der Waals surface area (Å²) < 4.78 is 2.47. The van der Waals surface area contributed by atoms with Crippen molar-refractivity contribution in [1.82, 2.24) is 15.0 Å². The molecule has 19 heavy (non-hydrogen) atoms. The Morgan fingerprint density at radius 3 is 2.95 bits per heavy atom. The monoisotopic (exact) mass is 323 g/mol. The number of hydrogen-bond donors (Lipinski definition) is 2. The van der Waals surface area contributed by atoms with Crippen LogP contribution in [0.25, 0.3) is 0 Å². The van der Waals surface area contributed by atoms with E-state index in [0.29, 0.717) is 12.2 Å². The van der Waals surface area contributed by atoms with Crippen LogP contribution in [0.5, 0.6) is 0 Å². The van der Waals surface area contributed by atoms with E-state index in [-0.39, 0.29) is 12.5 Å². The summed E-state index contributed by atoms with van der Waals surface area (Å²) in [4.78, 5) is 11.8. The summed E-state index contributed by atoms with van der Waals surface area (Å²) in [6.07, 6.45) is 1.66. The zero-order valence-corrected chi connectivity index (χ0v) is 12.0. The number of carbonyl (C=O) groups excluding carboxylic acids is 1. The lowest BCUT2D eigenvalue weighted by molar-refractivity contribution is -0.116. The zero-order chi connectivity index (χ0) is 13.8.